The van der Waals surface area contributed by atoms with E-state index in [9.17, 15) is 23.3 Å². The molecule has 0 unspecified atom stereocenters. The van der Waals surface area contributed by atoms with Gasteiger partial charge in [-0.25, -0.2) is 8.42 Å². The summed E-state index contributed by atoms with van der Waals surface area (Å²) >= 11 is 0. The summed E-state index contributed by atoms with van der Waals surface area (Å²) in [6.45, 7) is 3.32. The lowest BCUT2D eigenvalue weighted by Gasteiger charge is -2.35. The Morgan fingerprint density at radius 1 is 1.12 bits per heavy atom. The van der Waals surface area contributed by atoms with E-state index in [-0.39, 0.29) is 41.2 Å². The third kappa shape index (κ3) is 5.09. The number of piperazine rings is 1. The average molecular weight is 475 g/mol. The number of carbonyl (C=O) groups excluding carboxylic acids is 1. The number of hydrogen-bond acceptors (Lipinski definition) is 7. The van der Waals surface area contributed by atoms with E-state index in [1.54, 1.807) is 29.2 Å². The molecule has 1 heterocycles. The van der Waals surface area contributed by atoms with Crippen molar-refractivity contribution >= 4 is 27.3 Å². The Hall–Kier alpha value is -3.18. The molecule has 0 bridgehead atoms. The molecule has 2 fully saturated rings. The lowest BCUT2D eigenvalue weighted by atomic mass is 10.1. The zero-order valence-corrected chi connectivity index (χ0v) is 19.1. The number of hydrogen-bond donors (Lipinski definition) is 1. The van der Waals surface area contributed by atoms with Crippen molar-refractivity contribution in [3.8, 4) is 5.75 Å². The van der Waals surface area contributed by atoms with E-state index in [0.29, 0.717) is 31.1 Å². The van der Waals surface area contributed by atoms with Crippen molar-refractivity contribution in [2.24, 2.45) is 0 Å². The van der Waals surface area contributed by atoms with Crippen LogP contribution in [0.4, 0.5) is 11.4 Å². The molecule has 176 valence electrons. The second kappa shape index (κ2) is 9.36. The van der Waals surface area contributed by atoms with Gasteiger partial charge in [-0.15, -0.1) is 0 Å². The van der Waals surface area contributed by atoms with E-state index < -0.39 is 14.9 Å². The van der Waals surface area contributed by atoms with Crippen LogP contribution in [0.3, 0.4) is 0 Å². The van der Waals surface area contributed by atoms with Crippen LogP contribution in [0, 0.1) is 10.1 Å². The maximum atomic E-state index is 13.0. The number of nitrogens with zero attached hydrogens (tertiary/aromatic N) is 3. The van der Waals surface area contributed by atoms with Crippen LogP contribution in [0.1, 0.15) is 30.1 Å². The monoisotopic (exact) mass is 474 g/mol. The highest BCUT2D eigenvalue weighted by molar-refractivity contribution is 7.89. The molecule has 1 saturated carbocycles. The number of sulfonamides is 1. The minimum absolute atomic E-state index is 0.154. The Morgan fingerprint density at radius 2 is 1.79 bits per heavy atom. The second-order valence-electron chi connectivity index (χ2n) is 8.00. The first-order valence-corrected chi connectivity index (χ1v) is 12.3. The lowest BCUT2D eigenvalue weighted by Crippen LogP contribution is -2.48. The summed E-state index contributed by atoms with van der Waals surface area (Å²) in [5.41, 5.74) is 0.455. The Balaban J connectivity index is 1.46. The number of nitro groups is 1. The van der Waals surface area contributed by atoms with Crippen molar-refractivity contribution in [1.82, 2.24) is 9.62 Å². The highest BCUT2D eigenvalue weighted by Crippen LogP contribution is 2.31. The van der Waals surface area contributed by atoms with E-state index in [2.05, 4.69) is 5.32 Å². The van der Waals surface area contributed by atoms with Gasteiger partial charge in [0.05, 0.1) is 16.4 Å². The zero-order valence-electron chi connectivity index (χ0n) is 18.3. The first-order valence-electron chi connectivity index (χ1n) is 10.9. The molecule has 1 aliphatic carbocycles. The summed E-state index contributed by atoms with van der Waals surface area (Å²) in [7, 11) is -3.69. The number of carbonyl (C=O) groups is 1. The molecule has 0 atom stereocenters. The molecule has 2 aromatic rings. The molecule has 0 spiro atoms. The minimum Gasteiger partial charge on any atom is -0.494 e. The first-order chi connectivity index (χ1) is 15.8. The maximum absolute atomic E-state index is 13.0. The molecule has 1 N–H and O–H groups in total. The Morgan fingerprint density at radius 3 is 2.36 bits per heavy atom. The highest BCUT2D eigenvalue weighted by Gasteiger charge is 2.31. The number of nitro benzene ring substituents is 1. The second-order valence-corrected chi connectivity index (χ2v) is 9.94. The first kappa shape index (κ1) is 23.0. The van der Waals surface area contributed by atoms with Crippen LogP contribution in [0.2, 0.25) is 0 Å². The Bertz CT molecular complexity index is 1140. The van der Waals surface area contributed by atoms with Crippen molar-refractivity contribution in [3.05, 3.63) is 58.1 Å². The predicted octanol–water partition coefficient (Wildman–Crippen LogP) is 2.40. The number of benzene rings is 2. The van der Waals surface area contributed by atoms with Crippen molar-refractivity contribution in [2.75, 3.05) is 37.7 Å². The fourth-order valence-corrected chi connectivity index (χ4v) is 5.19. The summed E-state index contributed by atoms with van der Waals surface area (Å²) < 4.78 is 32.7. The number of amides is 1. The van der Waals surface area contributed by atoms with Crippen molar-refractivity contribution in [3.63, 3.8) is 0 Å². The molecular weight excluding hydrogens is 448 g/mol. The number of anilines is 1. The standard InChI is InChI=1S/C22H26N4O6S/c1-2-32-18-6-8-19(9-7-18)33(30,31)25-13-11-24(12-14-25)20-10-3-16(15-21(20)26(28)29)22(27)23-17-4-5-17/h3,6-10,15,17H,2,4-5,11-14H2,1H3,(H,23,27). The van der Waals surface area contributed by atoms with Crippen LogP contribution in [0.25, 0.3) is 0 Å². The molecule has 2 aromatic carbocycles. The molecule has 11 heteroatoms. The zero-order chi connectivity index (χ0) is 23.6. The van der Waals surface area contributed by atoms with E-state index in [1.807, 2.05) is 6.92 Å². The topological polar surface area (TPSA) is 122 Å². The molecule has 33 heavy (non-hydrogen) atoms. The van der Waals surface area contributed by atoms with Crippen LogP contribution >= 0.6 is 0 Å². The maximum Gasteiger partial charge on any atom is 0.293 e. The van der Waals surface area contributed by atoms with E-state index >= 15 is 0 Å². The molecule has 0 aromatic heterocycles. The van der Waals surface area contributed by atoms with Gasteiger partial charge < -0.3 is 15.0 Å². The van der Waals surface area contributed by atoms with Crippen molar-refractivity contribution in [2.45, 2.75) is 30.7 Å². The summed E-state index contributed by atoms with van der Waals surface area (Å²) in [5, 5.41) is 14.5. The molecule has 0 radical (unpaired) electrons. The molecular formula is C22H26N4O6S. The largest absolute Gasteiger partial charge is 0.494 e. The molecule has 1 aliphatic heterocycles. The quantitative estimate of drug-likeness (QED) is 0.460. The van der Waals surface area contributed by atoms with Crippen LogP contribution in [0.15, 0.2) is 47.4 Å². The summed E-state index contributed by atoms with van der Waals surface area (Å²) in [6.07, 6.45) is 1.85. The fraction of sp³-hybridized carbons (Fsp3) is 0.409. The van der Waals surface area contributed by atoms with Gasteiger partial charge in [0.25, 0.3) is 11.6 Å². The van der Waals surface area contributed by atoms with Crippen molar-refractivity contribution in [1.29, 1.82) is 0 Å². The smallest absolute Gasteiger partial charge is 0.293 e. The van der Waals surface area contributed by atoms with Gasteiger partial charge >= 0.3 is 0 Å². The summed E-state index contributed by atoms with van der Waals surface area (Å²) in [6, 6.07) is 10.9. The van der Waals surface area contributed by atoms with Gasteiger partial charge in [-0.05, 0) is 56.2 Å². The molecule has 4 rings (SSSR count). The molecule has 2 aliphatic rings. The normalized spacial score (nSPS) is 16.9. The fourth-order valence-electron chi connectivity index (χ4n) is 3.77. The van der Waals surface area contributed by atoms with Gasteiger partial charge in [-0.3, -0.25) is 14.9 Å². The Labute approximate surface area is 192 Å². The number of rotatable bonds is 8. The average Bonchev–Trinajstić information content (AvgIpc) is 3.63. The van der Waals surface area contributed by atoms with Gasteiger partial charge in [0.1, 0.15) is 11.4 Å². The molecule has 10 nitrogen and oxygen atoms in total. The minimum atomic E-state index is -3.69. The summed E-state index contributed by atoms with van der Waals surface area (Å²) in [4.78, 5) is 25.4. The van der Waals surface area contributed by atoms with Gasteiger partial charge in [0.2, 0.25) is 10.0 Å². The highest BCUT2D eigenvalue weighted by atomic mass is 32.2. The lowest BCUT2D eigenvalue weighted by molar-refractivity contribution is -0.384. The third-order valence-corrected chi connectivity index (χ3v) is 7.61. The molecule has 1 saturated heterocycles. The van der Waals surface area contributed by atoms with Crippen molar-refractivity contribution < 1.29 is 22.9 Å². The van der Waals surface area contributed by atoms with E-state index in [0.717, 1.165) is 12.8 Å². The van der Waals surface area contributed by atoms with E-state index in [4.69, 9.17) is 4.74 Å². The van der Waals surface area contributed by atoms with Crippen LogP contribution in [-0.2, 0) is 10.0 Å². The number of ether oxygens (including phenoxy) is 1. The summed E-state index contributed by atoms with van der Waals surface area (Å²) in [5.74, 6) is 0.279. The SMILES string of the molecule is CCOc1ccc(S(=O)(=O)N2CCN(c3ccc(C(=O)NC4CC4)cc3[N+](=O)[O-])CC2)cc1. The van der Waals surface area contributed by atoms with Crippen LogP contribution in [0.5, 0.6) is 5.75 Å². The number of nitrogens with one attached hydrogen (secondary N) is 1. The van der Waals surface area contributed by atoms with Gasteiger partial charge in [-0.2, -0.15) is 4.31 Å². The van der Waals surface area contributed by atoms with Crippen LogP contribution < -0.4 is 15.0 Å². The van der Waals surface area contributed by atoms with Gasteiger partial charge in [-0.1, -0.05) is 0 Å². The van der Waals surface area contributed by atoms with Gasteiger partial charge in [0.15, 0.2) is 0 Å². The Kier molecular flexibility index (Phi) is 6.52. The third-order valence-electron chi connectivity index (χ3n) is 5.70. The predicted molar refractivity (Wildman–Crippen MR) is 122 cm³/mol. The van der Waals surface area contributed by atoms with Crippen LogP contribution in [-0.4, -0.2) is 62.4 Å². The van der Waals surface area contributed by atoms with E-state index in [1.165, 1.54) is 22.5 Å². The van der Waals surface area contributed by atoms with Gasteiger partial charge in [0, 0.05) is 43.9 Å². The molecule has 1 amide bonds.